The van der Waals surface area contributed by atoms with Gasteiger partial charge in [-0.15, -0.1) is 0 Å². The predicted molar refractivity (Wildman–Crippen MR) is 91.1 cm³/mol. The van der Waals surface area contributed by atoms with Gasteiger partial charge >= 0.3 is 0 Å². The molecule has 0 spiro atoms. The first-order valence-electron chi connectivity index (χ1n) is 6.67. The maximum atomic E-state index is 11.5. The topological polar surface area (TPSA) is 17.1 Å². The van der Waals surface area contributed by atoms with Gasteiger partial charge in [-0.25, -0.2) is 0 Å². The van der Waals surface area contributed by atoms with Gasteiger partial charge in [-0.2, -0.15) is 0 Å². The standard InChI is InChI=1S/C17H16Cl2OS/c1-10(2)12-6-4-5-7-14(12)21-15-9-8-13(11(3)20)16(18)17(15)19/h4-10H,1-3H3. The molecule has 0 aliphatic heterocycles. The molecule has 1 nitrogen and oxygen atoms in total. The van der Waals surface area contributed by atoms with E-state index < -0.39 is 0 Å². The summed E-state index contributed by atoms with van der Waals surface area (Å²) in [5.41, 5.74) is 1.73. The summed E-state index contributed by atoms with van der Waals surface area (Å²) in [6.45, 7) is 5.80. The van der Waals surface area contributed by atoms with E-state index in [1.807, 2.05) is 18.2 Å². The number of halogens is 2. The molecule has 2 rings (SSSR count). The van der Waals surface area contributed by atoms with Crippen LogP contribution in [0.5, 0.6) is 0 Å². The molecular weight excluding hydrogens is 323 g/mol. The Hall–Kier alpha value is -0.960. The van der Waals surface area contributed by atoms with Crippen LogP contribution in [0.2, 0.25) is 10.0 Å². The average Bonchev–Trinajstić information content (AvgIpc) is 2.44. The Labute approximate surface area is 139 Å². The molecule has 0 aromatic heterocycles. The van der Waals surface area contributed by atoms with Gasteiger partial charge in [-0.1, -0.05) is 67.0 Å². The van der Waals surface area contributed by atoms with Crippen molar-refractivity contribution in [2.45, 2.75) is 36.5 Å². The lowest BCUT2D eigenvalue weighted by atomic mass is 10.0. The SMILES string of the molecule is CC(=O)c1ccc(Sc2ccccc2C(C)C)c(Cl)c1Cl. The molecule has 0 fully saturated rings. The predicted octanol–water partition coefficient (Wildman–Crippen LogP) is 6.47. The van der Waals surface area contributed by atoms with Crippen LogP contribution >= 0.6 is 35.0 Å². The van der Waals surface area contributed by atoms with Crippen molar-refractivity contribution in [3.8, 4) is 0 Å². The zero-order valence-electron chi connectivity index (χ0n) is 12.1. The van der Waals surface area contributed by atoms with Crippen LogP contribution in [-0.4, -0.2) is 5.78 Å². The number of Topliss-reactive ketones (excluding diaryl/α,β-unsaturated/α-hetero) is 1. The number of carbonyl (C=O) groups excluding carboxylic acids is 1. The summed E-state index contributed by atoms with van der Waals surface area (Å²) >= 11 is 14.1. The second kappa shape index (κ2) is 6.87. The Balaban J connectivity index is 2.42. The molecule has 0 saturated carbocycles. The molecule has 2 aromatic carbocycles. The molecule has 0 aliphatic rings. The molecule has 0 bridgehead atoms. The molecule has 0 radical (unpaired) electrons. The van der Waals surface area contributed by atoms with Gasteiger partial charge < -0.3 is 0 Å². The highest BCUT2D eigenvalue weighted by Crippen LogP contribution is 2.41. The van der Waals surface area contributed by atoms with Gasteiger partial charge in [-0.05, 0) is 36.6 Å². The highest BCUT2D eigenvalue weighted by molar-refractivity contribution is 7.99. The molecular formula is C17H16Cl2OS. The molecule has 0 saturated heterocycles. The Kier molecular flexibility index (Phi) is 5.37. The molecule has 0 unspecified atom stereocenters. The highest BCUT2D eigenvalue weighted by Gasteiger charge is 2.15. The summed E-state index contributed by atoms with van der Waals surface area (Å²) in [5.74, 6) is 0.348. The van der Waals surface area contributed by atoms with E-state index in [4.69, 9.17) is 23.2 Å². The summed E-state index contributed by atoms with van der Waals surface area (Å²) in [5, 5.41) is 0.768. The van der Waals surface area contributed by atoms with Gasteiger partial charge in [0.05, 0.1) is 10.0 Å². The van der Waals surface area contributed by atoms with Crippen LogP contribution in [0.25, 0.3) is 0 Å². The van der Waals surface area contributed by atoms with E-state index in [-0.39, 0.29) is 5.78 Å². The fourth-order valence-electron chi connectivity index (χ4n) is 2.05. The third kappa shape index (κ3) is 3.63. The fourth-order valence-corrected chi connectivity index (χ4v) is 3.82. The molecule has 0 amide bonds. The Bertz CT molecular complexity index is 680. The zero-order valence-corrected chi connectivity index (χ0v) is 14.4. The van der Waals surface area contributed by atoms with Crippen molar-refractivity contribution in [2.75, 3.05) is 0 Å². The van der Waals surface area contributed by atoms with Gasteiger partial charge in [-0.3, -0.25) is 4.79 Å². The van der Waals surface area contributed by atoms with Crippen LogP contribution in [0.1, 0.15) is 42.6 Å². The first kappa shape index (κ1) is 16.4. The Morgan fingerprint density at radius 1 is 1.00 bits per heavy atom. The van der Waals surface area contributed by atoms with Gasteiger partial charge in [0, 0.05) is 15.4 Å². The number of rotatable bonds is 4. The normalized spacial score (nSPS) is 11.0. The lowest BCUT2D eigenvalue weighted by Crippen LogP contribution is -1.95. The lowest BCUT2D eigenvalue weighted by molar-refractivity contribution is 0.101. The van der Waals surface area contributed by atoms with Gasteiger partial charge in [0.1, 0.15) is 0 Å². The minimum Gasteiger partial charge on any atom is -0.294 e. The Morgan fingerprint density at radius 3 is 2.29 bits per heavy atom. The third-order valence-electron chi connectivity index (χ3n) is 3.19. The lowest BCUT2D eigenvalue weighted by Gasteiger charge is -2.14. The van der Waals surface area contributed by atoms with Crippen LogP contribution in [0.15, 0.2) is 46.2 Å². The first-order valence-corrected chi connectivity index (χ1v) is 8.24. The maximum absolute atomic E-state index is 11.5. The van der Waals surface area contributed by atoms with Crippen molar-refractivity contribution in [3.63, 3.8) is 0 Å². The molecule has 2 aromatic rings. The number of hydrogen-bond acceptors (Lipinski definition) is 2. The Morgan fingerprint density at radius 2 is 1.67 bits per heavy atom. The zero-order chi connectivity index (χ0) is 15.6. The summed E-state index contributed by atoms with van der Waals surface area (Å²) in [7, 11) is 0. The van der Waals surface area contributed by atoms with Gasteiger partial charge in [0.2, 0.25) is 0 Å². The molecule has 0 atom stereocenters. The van der Waals surface area contributed by atoms with Gasteiger partial charge in [0.25, 0.3) is 0 Å². The van der Waals surface area contributed by atoms with E-state index in [9.17, 15) is 4.79 Å². The third-order valence-corrected chi connectivity index (χ3v) is 5.33. The van der Waals surface area contributed by atoms with Crippen LogP contribution in [0.4, 0.5) is 0 Å². The average molecular weight is 339 g/mol. The smallest absolute Gasteiger partial charge is 0.161 e. The number of hydrogen-bond donors (Lipinski definition) is 0. The molecule has 0 N–H and O–H groups in total. The number of carbonyl (C=O) groups is 1. The molecule has 110 valence electrons. The van der Waals surface area contributed by atoms with Crippen molar-refractivity contribution in [2.24, 2.45) is 0 Å². The molecule has 4 heteroatoms. The van der Waals surface area contributed by atoms with Crippen molar-refractivity contribution in [3.05, 3.63) is 57.6 Å². The first-order chi connectivity index (χ1) is 9.91. The van der Waals surface area contributed by atoms with Crippen LogP contribution in [0, 0.1) is 0 Å². The van der Waals surface area contributed by atoms with Crippen LogP contribution < -0.4 is 0 Å². The van der Waals surface area contributed by atoms with E-state index >= 15 is 0 Å². The maximum Gasteiger partial charge on any atom is 0.161 e. The molecule has 0 aliphatic carbocycles. The minimum absolute atomic E-state index is 0.0824. The summed E-state index contributed by atoms with van der Waals surface area (Å²) in [6.07, 6.45) is 0. The largest absolute Gasteiger partial charge is 0.294 e. The van der Waals surface area contributed by atoms with E-state index in [1.54, 1.807) is 17.8 Å². The van der Waals surface area contributed by atoms with Crippen molar-refractivity contribution in [1.29, 1.82) is 0 Å². The summed E-state index contributed by atoms with van der Waals surface area (Å²) < 4.78 is 0. The monoisotopic (exact) mass is 338 g/mol. The summed E-state index contributed by atoms with van der Waals surface area (Å²) in [4.78, 5) is 13.5. The van der Waals surface area contributed by atoms with E-state index in [2.05, 4.69) is 26.0 Å². The van der Waals surface area contributed by atoms with E-state index in [0.717, 1.165) is 9.79 Å². The van der Waals surface area contributed by atoms with Crippen molar-refractivity contribution >= 4 is 40.7 Å². The fraction of sp³-hybridized carbons (Fsp3) is 0.235. The molecule has 21 heavy (non-hydrogen) atoms. The minimum atomic E-state index is -0.0824. The second-order valence-electron chi connectivity index (χ2n) is 5.09. The van der Waals surface area contributed by atoms with Crippen molar-refractivity contribution in [1.82, 2.24) is 0 Å². The van der Waals surface area contributed by atoms with E-state index in [0.29, 0.717) is 21.5 Å². The van der Waals surface area contributed by atoms with Crippen LogP contribution in [-0.2, 0) is 0 Å². The highest BCUT2D eigenvalue weighted by atomic mass is 35.5. The second-order valence-corrected chi connectivity index (χ2v) is 6.93. The number of benzene rings is 2. The summed E-state index contributed by atoms with van der Waals surface area (Å²) in [6, 6.07) is 11.8. The van der Waals surface area contributed by atoms with Crippen molar-refractivity contribution < 1.29 is 4.79 Å². The van der Waals surface area contributed by atoms with Crippen LogP contribution in [0.3, 0.4) is 0 Å². The number of ketones is 1. The molecule has 0 heterocycles. The van der Waals surface area contributed by atoms with E-state index in [1.165, 1.54) is 12.5 Å². The van der Waals surface area contributed by atoms with Gasteiger partial charge in [0.15, 0.2) is 5.78 Å². The quantitative estimate of drug-likeness (QED) is 0.594.